The van der Waals surface area contributed by atoms with Crippen molar-refractivity contribution in [3.8, 4) is 21.4 Å². The highest BCUT2D eigenvalue weighted by atomic mass is 32.1. The lowest BCUT2D eigenvalue weighted by atomic mass is 10.4. The van der Waals surface area contributed by atoms with Crippen molar-refractivity contribution < 1.29 is 0 Å². The molecule has 4 heterocycles. The van der Waals surface area contributed by atoms with Gasteiger partial charge in [0, 0.05) is 0 Å². The minimum atomic E-state index is 0.663. The van der Waals surface area contributed by atoms with E-state index in [0.29, 0.717) is 5.82 Å². The molecule has 0 saturated heterocycles. The molecule has 8 nitrogen and oxygen atoms in total. The van der Waals surface area contributed by atoms with Gasteiger partial charge in [0.2, 0.25) is 4.96 Å². The molecule has 0 spiro atoms. The molecule has 0 fully saturated rings. The van der Waals surface area contributed by atoms with E-state index < -0.39 is 0 Å². The van der Waals surface area contributed by atoms with E-state index in [1.54, 1.807) is 4.52 Å². The van der Waals surface area contributed by atoms with Gasteiger partial charge in [0.25, 0.3) is 0 Å². The summed E-state index contributed by atoms with van der Waals surface area (Å²) in [5.41, 5.74) is 1.63. The summed E-state index contributed by atoms with van der Waals surface area (Å²) in [5.74, 6) is 0.663. The molecule has 20 heavy (non-hydrogen) atoms. The lowest BCUT2D eigenvalue weighted by Gasteiger charge is -1.91. The molecule has 0 saturated carbocycles. The second kappa shape index (κ2) is 4.33. The van der Waals surface area contributed by atoms with Gasteiger partial charge in [-0.2, -0.15) is 9.61 Å². The Balaban J connectivity index is 1.92. The Morgan fingerprint density at radius 3 is 2.50 bits per heavy atom. The summed E-state index contributed by atoms with van der Waals surface area (Å²) in [4.78, 5) is 2.63. The lowest BCUT2D eigenvalue weighted by Crippen LogP contribution is -1.91. The topological polar surface area (TPSA) is 94.6 Å². The average Bonchev–Trinajstić information content (AvgIpc) is 3.12. The molecule has 0 aliphatic carbocycles. The quantitative estimate of drug-likeness (QED) is 0.555. The van der Waals surface area contributed by atoms with Crippen LogP contribution in [0.2, 0.25) is 0 Å². The maximum Gasteiger partial charge on any atom is 0.235 e. The maximum atomic E-state index is 4.54. The minimum Gasteiger partial charge on any atom is -0.181 e. The zero-order chi connectivity index (χ0) is 13.7. The van der Waals surface area contributed by atoms with Crippen LogP contribution < -0.4 is 0 Å². The van der Waals surface area contributed by atoms with Crippen molar-refractivity contribution >= 4 is 39.4 Å². The fourth-order valence-electron chi connectivity index (χ4n) is 1.72. The van der Waals surface area contributed by atoms with Crippen molar-refractivity contribution in [2.24, 2.45) is 0 Å². The van der Waals surface area contributed by atoms with E-state index in [2.05, 4.69) is 34.5 Å². The molecule has 0 aliphatic rings. The second-order valence-corrected chi connectivity index (χ2v) is 6.66. The summed E-state index contributed by atoms with van der Waals surface area (Å²) in [6.45, 7) is 3.86. The Labute approximate surface area is 124 Å². The van der Waals surface area contributed by atoms with Crippen LogP contribution in [0.5, 0.6) is 0 Å². The second-order valence-electron chi connectivity index (χ2n) is 3.99. The lowest BCUT2D eigenvalue weighted by molar-refractivity contribution is 0.963. The molecule has 0 bridgehead atoms. The first kappa shape index (κ1) is 11.9. The zero-order valence-corrected chi connectivity index (χ0v) is 12.8. The van der Waals surface area contributed by atoms with Crippen molar-refractivity contribution in [1.29, 1.82) is 0 Å². The van der Waals surface area contributed by atoms with Gasteiger partial charge in [-0.1, -0.05) is 20.3 Å². The molecule has 0 amide bonds. The third-order valence-corrected chi connectivity index (χ3v) is 5.06. The van der Waals surface area contributed by atoms with E-state index in [4.69, 9.17) is 0 Å². The number of hydrogen-bond acceptors (Lipinski definition) is 10. The van der Waals surface area contributed by atoms with Crippen LogP contribution in [0.4, 0.5) is 0 Å². The van der Waals surface area contributed by atoms with Crippen LogP contribution in [0.3, 0.4) is 0 Å². The van der Waals surface area contributed by atoms with Gasteiger partial charge < -0.3 is 0 Å². The van der Waals surface area contributed by atoms with Gasteiger partial charge in [-0.05, 0) is 36.9 Å². The minimum absolute atomic E-state index is 0.663. The van der Waals surface area contributed by atoms with Gasteiger partial charge in [0.15, 0.2) is 10.8 Å². The standard InChI is InChI=1S/C9H6N8S3/c1-3-6(20-15-10-3)7-12-13-9-17(7)14-8(18-9)5-4(2)19-16-11-5/h1-2H3. The first-order valence-electron chi connectivity index (χ1n) is 5.55. The van der Waals surface area contributed by atoms with Gasteiger partial charge in [0.05, 0.1) is 10.6 Å². The van der Waals surface area contributed by atoms with Gasteiger partial charge >= 0.3 is 0 Å². The Bertz CT molecular complexity index is 899. The zero-order valence-electron chi connectivity index (χ0n) is 10.3. The summed E-state index contributed by atoms with van der Waals surface area (Å²) < 4.78 is 9.56. The molecule has 100 valence electrons. The van der Waals surface area contributed by atoms with Crippen LogP contribution in [-0.4, -0.2) is 39.0 Å². The summed E-state index contributed by atoms with van der Waals surface area (Å²) in [7, 11) is 0. The average molecular weight is 322 g/mol. The van der Waals surface area contributed by atoms with Gasteiger partial charge in [-0.15, -0.1) is 20.4 Å². The van der Waals surface area contributed by atoms with E-state index in [1.807, 2.05) is 13.8 Å². The fraction of sp³-hybridized carbons (Fsp3) is 0.222. The Kier molecular flexibility index (Phi) is 2.58. The third-order valence-electron chi connectivity index (χ3n) is 2.70. The van der Waals surface area contributed by atoms with Crippen molar-refractivity contribution in [3.05, 3.63) is 10.6 Å². The SMILES string of the molecule is Cc1nnsc1-c1nnc2sc(-c3nnsc3C)nn12. The number of aryl methyl sites for hydroxylation is 2. The number of hydrogen-bond donors (Lipinski definition) is 0. The van der Waals surface area contributed by atoms with E-state index >= 15 is 0 Å². The highest BCUT2D eigenvalue weighted by Crippen LogP contribution is 2.30. The van der Waals surface area contributed by atoms with E-state index in [9.17, 15) is 0 Å². The molecule has 0 atom stereocenters. The van der Waals surface area contributed by atoms with Crippen molar-refractivity contribution in [2.45, 2.75) is 13.8 Å². The van der Waals surface area contributed by atoms with Gasteiger partial charge in [0.1, 0.15) is 10.6 Å². The molecule has 0 radical (unpaired) electrons. The molecular formula is C9H6N8S3. The van der Waals surface area contributed by atoms with Crippen molar-refractivity contribution in [3.63, 3.8) is 0 Å². The monoisotopic (exact) mass is 322 g/mol. The molecular weight excluding hydrogens is 316 g/mol. The molecule has 4 aromatic heterocycles. The summed E-state index contributed by atoms with van der Waals surface area (Å²) >= 11 is 4.08. The first-order valence-corrected chi connectivity index (χ1v) is 7.91. The molecule has 4 rings (SSSR count). The number of rotatable bonds is 2. The molecule has 0 unspecified atom stereocenters. The molecule has 11 heteroatoms. The highest BCUT2D eigenvalue weighted by Gasteiger charge is 2.19. The van der Waals surface area contributed by atoms with Crippen LogP contribution in [0, 0.1) is 13.8 Å². The predicted molar refractivity (Wildman–Crippen MR) is 75.9 cm³/mol. The number of fused-ring (bicyclic) bond motifs is 1. The highest BCUT2D eigenvalue weighted by molar-refractivity contribution is 7.20. The van der Waals surface area contributed by atoms with Crippen LogP contribution in [0.25, 0.3) is 26.4 Å². The van der Waals surface area contributed by atoms with Crippen molar-refractivity contribution in [2.75, 3.05) is 0 Å². The Morgan fingerprint density at radius 1 is 0.950 bits per heavy atom. The van der Waals surface area contributed by atoms with Crippen LogP contribution >= 0.6 is 34.4 Å². The smallest absolute Gasteiger partial charge is 0.181 e. The Morgan fingerprint density at radius 2 is 1.80 bits per heavy atom. The molecule has 4 aromatic rings. The van der Waals surface area contributed by atoms with E-state index in [1.165, 1.54) is 34.4 Å². The molecule has 0 aliphatic heterocycles. The van der Waals surface area contributed by atoms with E-state index in [-0.39, 0.29) is 0 Å². The van der Waals surface area contributed by atoms with Crippen LogP contribution in [-0.2, 0) is 0 Å². The van der Waals surface area contributed by atoms with Crippen LogP contribution in [0.1, 0.15) is 10.6 Å². The third kappa shape index (κ3) is 1.67. The maximum absolute atomic E-state index is 4.54. The van der Waals surface area contributed by atoms with Gasteiger partial charge in [-0.3, -0.25) is 0 Å². The molecule has 0 N–H and O–H groups in total. The predicted octanol–water partition coefficient (Wildman–Crippen LogP) is 1.84. The number of nitrogens with zero attached hydrogens (tertiary/aromatic N) is 8. The van der Waals surface area contributed by atoms with Crippen molar-refractivity contribution in [1.82, 2.24) is 39.0 Å². The number of aromatic nitrogens is 8. The van der Waals surface area contributed by atoms with E-state index in [0.717, 1.165) is 31.1 Å². The molecule has 0 aromatic carbocycles. The van der Waals surface area contributed by atoms with Gasteiger partial charge in [-0.25, -0.2) is 0 Å². The normalized spacial score (nSPS) is 11.5. The van der Waals surface area contributed by atoms with Crippen LogP contribution in [0.15, 0.2) is 0 Å². The summed E-state index contributed by atoms with van der Waals surface area (Å²) in [6, 6.07) is 0. The summed E-state index contributed by atoms with van der Waals surface area (Å²) in [5, 5.41) is 21.7. The Hall–Kier alpha value is -1.85. The summed E-state index contributed by atoms with van der Waals surface area (Å²) in [6.07, 6.45) is 0. The largest absolute Gasteiger partial charge is 0.235 e. The first-order chi connectivity index (χ1) is 9.74. The fourth-order valence-corrected chi connectivity index (χ4v) is 3.76.